The maximum absolute atomic E-state index is 13.3. The summed E-state index contributed by atoms with van der Waals surface area (Å²) in [5.41, 5.74) is 2.55. The molecule has 0 bridgehead atoms. The van der Waals surface area contributed by atoms with Crippen molar-refractivity contribution in [2.75, 3.05) is 11.9 Å². The molecule has 2 heterocycles. The summed E-state index contributed by atoms with van der Waals surface area (Å²) >= 11 is 6.98. The molecule has 4 rings (SSSR count). The Labute approximate surface area is 190 Å². The Morgan fingerprint density at radius 1 is 1.13 bits per heavy atom. The fraction of sp³-hybridized carbons (Fsp3) is 0.286. The third kappa shape index (κ3) is 4.50. The highest BCUT2D eigenvalue weighted by atomic mass is 35.5. The van der Waals surface area contributed by atoms with Crippen LogP contribution in [-0.2, 0) is 10.0 Å². The zero-order chi connectivity index (χ0) is 22.2. The van der Waals surface area contributed by atoms with Gasteiger partial charge in [0.05, 0.1) is 10.9 Å². The van der Waals surface area contributed by atoms with Crippen molar-refractivity contribution in [3.8, 4) is 0 Å². The molecule has 0 spiro atoms. The third-order valence-electron chi connectivity index (χ3n) is 5.31. The van der Waals surface area contributed by atoms with Gasteiger partial charge in [-0.15, -0.1) is 10.2 Å². The fourth-order valence-electron chi connectivity index (χ4n) is 3.46. The standard InChI is InChI=1S/C21H21ClN4O3S2/c1-13-5-10-17(12-14(13)2)31(28,29)26-11-3-4-18(26)20-24-25-21(30-20)19(27)23-16-8-6-15(22)7-9-16/h5-10,12,18H,3-4,11H2,1-2H3,(H,23,27)/t18-/m0/s1. The lowest BCUT2D eigenvalue weighted by Gasteiger charge is -2.22. The number of hydrogen-bond donors (Lipinski definition) is 1. The van der Waals surface area contributed by atoms with Crippen molar-refractivity contribution in [3.05, 3.63) is 68.6 Å². The van der Waals surface area contributed by atoms with E-state index in [1.165, 1.54) is 4.31 Å². The number of aromatic nitrogens is 2. The number of aryl methyl sites for hydroxylation is 2. The van der Waals surface area contributed by atoms with Crippen LogP contribution in [0, 0.1) is 13.8 Å². The van der Waals surface area contributed by atoms with Gasteiger partial charge in [0.2, 0.25) is 15.0 Å². The van der Waals surface area contributed by atoms with Gasteiger partial charge < -0.3 is 5.32 Å². The number of nitrogens with one attached hydrogen (secondary N) is 1. The van der Waals surface area contributed by atoms with Gasteiger partial charge in [-0.05, 0) is 74.2 Å². The number of sulfonamides is 1. The summed E-state index contributed by atoms with van der Waals surface area (Å²) in [5, 5.41) is 12.2. The van der Waals surface area contributed by atoms with Crippen molar-refractivity contribution in [1.29, 1.82) is 0 Å². The zero-order valence-electron chi connectivity index (χ0n) is 17.0. The molecule has 1 aliphatic heterocycles. The molecule has 31 heavy (non-hydrogen) atoms. The van der Waals surface area contributed by atoms with Crippen LogP contribution in [0.2, 0.25) is 5.02 Å². The molecule has 162 valence electrons. The van der Waals surface area contributed by atoms with E-state index in [4.69, 9.17) is 11.6 Å². The first kappa shape index (κ1) is 21.9. The van der Waals surface area contributed by atoms with Crippen LogP contribution in [-0.4, -0.2) is 35.4 Å². The average molecular weight is 477 g/mol. The second kappa shape index (κ2) is 8.66. The van der Waals surface area contributed by atoms with Gasteiger partial charge >= 0.3 is 0 Å². The van der Waals surface area contributed by atoms with E-state index < -0.39 is 22.0 Å². The van der Waals surface area contributed by atoms with Crippen molar-refractivity contribution >= 4 is 44.6 Å². The second-order valence-electron chi connectivity index (χ2n) is 7.43. The van der Waals surface area contributed by atoms with Gasteiger partial charge in [0.1, 0.15) is 5.01 Å². The molecule has 7 nitrogen and oxygen atoms in total. The van der Waals surface area contributed by atoms with Crippen LogP contribution in [0.15, 0.2) is 47.4 Å². The Morgan fingerprint density at radius 3 is 2.58 bits per heavy atom. The number of benzene rings is 2. The van der Waals surface area contributed by atoms with Crippen LogP contribution in [0.4, 0.5) is 5.69 Å². The van der Waals surface area contributed by atoms with Crippen LogP contribution < -0.4 is 5.32 Å². The van der Waals surface area contributed by atoms with Crippen molar-refractivity contribution in [3.63, 3.8) is 0 Å². The Kier molecular flexibility index (Phi) is 6.11. The molecule has 0 aliphatic carbocycles. The van der Waals surface area contributed by atoms with E-state index in [1.807, 2.05) is 19.9 Å². The molecule has 0 saturated carbocycles. The predicted molar refractivity (Wildman–Crippen MR) is 121 cm³/mol. The summed E-state index contributed by atoms with van der Waals surface area (Å²) in [6.45, 7) is 4.25. The van der Waals surface area contributed by atoms with Crippen LogP contribution in [0.25, 0.3) is 0 Å². The topological polar surface area (TPSA) is 92.3 Å². The molecular weight excluding hydrogens is 456 g/mol. The molecule has 1 atom stereocenters. The van der Waals surface area contributed by atoms with Crippen molar-refractivity contribution in [1.82, 2.24) is 14.5 Å². The predicted octanol–water partition coefficient (Wildman–Crippen LogP) is 4.59. The maximum atomic E-state index is 13.3. The summed E-state index contributed by atoms with van der Waals surface area (Å²) in [5.74, 6) is -0.396. The van der Waals surface area contributed by atoms with Gasteiger partial charge in [-0.25, -0.2) is 8.42 Å². The van der Waals surface area contributed by atoms with Crippen LogP contribution in [0.1, 0.15) is 44.8 Å². The second-order valence-corrected chi connectivity index (χ2v) is 10.8. The molecule has 1 N–H and O–H groups in total. The van der Waals surface area contributed by atoms with E-state index in [1.54, 1.807) is 36.4 Å². The van der Waals surface area contributed by atoms with Gasteiger partial charge in [0.25, 0.3) is 5.91 Å². The molecule has 0 radical (unpaired) electrons. The fourth-order valence-corrected chi connectivity index (χ4v) is 6.29. The summed E-state index contributed by atoms with van der Waals surface area (Å²) in [6, 6.07) is 11.5. The summed E-state index contributed by atoms with van der Waals surface area (Å²) in [6.07, 6.45) is 1.36. The summed E-state index contributed by atoms with van der Waals surface area (Å²) < 4.78 is 28.0. The lowest BCUT2D eigenvalue weighted by molar-refractivity contribution is 0.102. The van der Waals surface area contributed by atoms with Gasteiger partial charge in [-0.2, -0.15) is 4.31 Å². The van der Waals surface area contributed by atoms with E-state index in [-0.39, 0.29) is 9.90 Å². The molecule has 1 saturated heterocycles. The van der Waals surface area contributed by atoms with Gasteiger partial charge in [-0.3, -0.25) is 4.79 Å². The van der Waals surface area contributed by atoms with Crippen molar-refractivity contribution in [2.24, 2.45) is 0 Å². The number of amides is 1. The Morgan fingerprint density at radius 2 is 1.87 bits per heavy atom. The summed E-state index contributed by atoms with van der Waals surface area (Å²) in [7, 11) is -3.68. The SMILES string of the molecule is Cc1ccc(S(=O)(=O)N2CCC[C@H]2c2nnc(C(=O)Nc3ccc(Cl)cc3)s2)cc1C. The lowest BCUT2D eigenvalue weighted by atomic mass is 10.1. The van der Waals surface area contributed by atoms with Gasteiger partial charge in [-0.1, -0.05) is 29.0 Å². The monoisotopic (exact) mass is 476 g/mol. The zero-order valence-corrected chi connectivity index (χ0v) is 19.4. The van der Waals surface area contributed by atoms with E-state index >= 15 is 0 Å². The number of nitrogens with zero attached hydrogens (tertiary/aromatic N) is 3. The van der Waals surface area contributed by atoms with Crippen LogP contribution in [0.3, 0.4) is 0 Å². The number of hydrogen-bond acceptors (Lipinski definition) is 6. The third-order valence-corrected chi connectivity index (χ3v) is 8.49. The van der Waals surface area contributed by atoms with E-state index in [9.17, 15) is 13.2 Å². The summed E-state index contributed by atoms with van der Waals surface area (Å²) in [4.78, 5) is 12.8. The first-order chi connectivity index (χ1) is 14.8. The first-order valence-corrected chi connectivity index (χ1v) is 12.4. The number of halogens is 1. The number of rotatable bonds is 5. The molecule has 1 amide bonds. The highest BCUT2D eigenvalue weighted by molar-refractivity contribution is 7.89. The van der Waals surface area contributed by atoms with Crippen molar-refractivity contribution < 1.29 is 13.2 Å². The number of carbonyl (C=O) groups is 1. The molecule has 1 aliphatic rings. The Hall–Kier alpha value is -2.33. The minimum atomic E-state index is -3.68. The molecule has 2 aromatic carbocycles. The largest absolute Gasteiger partial charge is 0.320 e. The van der Waals surface area contributed by atoms with Crippen LogP contribution in [0.5, 0.6) is 0 Å². The highest BCUT2D eigenvalue weighted by Crippen LogP contribution is 2.38. The Bertz CT molecular complexity index is 1230. The van der Waals surface area contributed by atoms with Crippen molar-refractivity contribution in [2.45, 2.75) is 37.6 Å². The van der Waals surface area contributed by atoms with E-state index in [0.29, 0.717) is 28.7 Å². The smallest absolute Gasteiger partial charge is 0.286 e. The molecule has 3 aromatic rings. The average Bonchev–Trinajstić information content (AvgIpc) is 3.41. The molecule has 10 heteroatoms. The van der Waals surface area contributed by atoms with E-state index in [0.717, 1.165) is 28.9 Å². The van der Waals surface area contributed by atoms with Crippen LogP contribution >= 0.6 is 22.9 Å². The Balaban J connectivity index is 1.55. The first-order valence-electron chi connectivity index (χ1n) is 9.75. The molecule has 0 unspecified atom stereocenters. The maximum Gasteiger partial charge on any atom is 0.286 e. The minimum Gasteiger partial charge on any atom is -0.320 e. The molecule has 1 fully saturated rings. The van der Waals surface area contributed by atoms with E-state index in [2.05, 4.69) is 15.5 Å². The number of carbonyl (C=O) groups excluding carboxylic acids is 1. The molecular formula is C21H21ClN4O3S2. The minimum absolute atomic E-state index is 0.181. The lowest BCUT2D eigenvalue weighted by Crippen LogP contribution is -2.30. The quantitative estimate of drug-likeness (QED) is 0.581. The molecule has 1 aromatic heterocycles. The van der Waals surface area contributed by atoms with Gasteiger partial charge in [0.15, 0.2) is 0 Å². The highest BCUT2D eigenvalue weighted by Gasteiger charge is 2.38. The van der Waals surface area contributed by atoms with Gasteiger partial charge in [0, 0.05) is 17.3 Å². The number of anilines is 1. The normalized spacial score (nSPS) is 17.1.